The lowest BCUT2D eigenvalue weighted by atomic mass is 10.1. The summed E-state index contributed by atoms with van der Waals surface area (Å²) < 4.78 is 41.5. The molecule has 1 amide bonds. The quantitative estimate of drug-likeness (QED) is 0.295. The molecule has 1 aromatic carbocycles. The van der Waals surface area contributed by atoms with Gasteiger partial charge in [0.05, 0.1) is 17.7 Å². The van der Waals surface area contributed by atoms with Gasteiger partial charge >= 0.3 is 0 Å². The number of aryl methyl sites for hydroxylation is 1. The van der Waals surface area contributed by atoms with Crippen molar-refractivity contribution in [3.8, 4) is 0 Å². The molecule has 14 heteroatoms. The topological polar surface area (TPSA) is 139 Å². The molecular weight excluding hydrogens is 487 g/mol. The number of sulfonamides is 1. The van der Waals surface area contributed by atoms with Gasteiger partial charge in [-0.3, -0.25) is 14.8 Å². The van der Waals surface area contributed by atoms with Crippen molar-refractivity contribution in [2.45, 2.75) is 18.4 Å². The predicted molar refractivity (Wildman–Crippen MR) is 123 cm³/mol. The van der Waals surface area contributed by atoms with Crippen LogP contribution in [0.2, 0.25) is 0 Å². The van der Waals surface area contributed by atoms with Crippen LogP contribution in [0.5, 0.6) is 0 Å². The third-order valence-corrected chi connectivity index (χ3v) is 7.21. The number of hydrogen-bond donors (Lipinski definition) is 2. The Kier molecular flexibility index (Phi) is 8.44. The highest BCUT2D eigenvalue weighted by Gasteiger charge is 2.24. The molecule has 34 heavy (non-hydrogen) atoms. The number of likely N-dealkylation sites (N-methyl/N-ethyl adjacent to an activating group) is 1. The van der Waals surface area contributed by atoms with E-state index in [9.17, 15) is 17.6 Å². The lowest BCUT2D eigenvalue weighted by molar-refractivity contribution is -0.110. The van der Waals surface area contributed by atoms with Crippen molar-refractivity contribution in [1.82, 2.24) is 19.1 Å². The summed E-state index contributed by atoms with van der Waals surface area (Å²) in [5.74, 6) is -0.721. The van der Waals surface area contributed by atoms with Crippen LogP contribution in [0.15, 0.2) is 52.8 Å². The lowest BCUT2D eigenvalue weighted by Gasteiger charge is -2.19. The summed E-state index contributed by atoms with van der Waals surface area (Å²) in [4.78, 5) is 21.9. The number of aromatic nitrogens is 3. The molecule has 0 bridgehead atoms. The molecule has 3 aromatic rings. The van der Waals surface area contributed by atoms with Crippen molar-refractivity contribution in [1.29, 1.82) is 0 Å². The Morgan fingerprint density at radius 1 is 1.32 bits per heavy atom. The molecule has 0 aliphatic heterocycles. The number of nitrogens with one attached hydrogen (secondary N) is 1. The van der Waals surface area contributed by atoms with Gasteiger partial charge in [-0.1, -0.05) is 35.5 Å². The first-order valence-corrected chi connectivity index (χ1v) is 12.3. The molecule has 0 radical (unpaired) electrons. The summed E-state index contributed by atoms with van der Waals surface area (Å²) in [7, 11) is -2.09. The molecular formula is C20H23FN6O5S2. The Morgan fingerprint density at radius 3 is 2.62 bits per heavy atom. The van der Waals surface area contributed by atoms with Gasteiger partial charge in [-0.05, 0) is 18.2 Å². The summed E-state index contributed by atoms with van der Waals surface area (Å²) in [5, 5.41) is 19.1. The van der Waals surface area contributed by atoms with Gasteiger partial charge in [-0.15, -0.1) is 0 Å². The first kappa shape index (κ1) is 25.4. The first-order chi connectivity index (χ1) is 16.2. The number of hydrogen-bond acceptors (Lipinski definition) is 9. The minimum atomic E-state index is -3.83. The van der Waals surface area contributed by atoms with Crippen LogP contribution in [0, 0.1) is 5.13 Å². The monoisotopic (exact) mass is 510 g/mol. The van der Waals surface area contributed by atoms with Crippen LogP contribution in [0.1, 0.15) is 18.2 Å². The molecule has 0 aliphatic carbocycles. The van der Waals surface area contributed by atoms with Gasteiger partial charge in [0, 0.05) is 31.9 Å². The van der Waals surface area contributed by atoms with Crippen molar-refractivity contribution in [2.75, 3.05) is 25.0 Å². The smallest absolute Gasteiger partial charge is 0.280 e. The van der Waals surface area contributed by atoms with Crippen LogP contribution < -0.4 is 5.32 Å². The summed E-state index contributed by atoms with van der Waals surface area (Å²) in [5.41, 5.74) is 0.677. The van der Waals surface area contributed by atoms with Crippen LogP contribution in [0.4, 0.5) is 9.52 Å². The third-order valence-electron chi connectivity index (χ3n) is 4.52. The fraction of sp³-hybridized carbons (Fsp3) is 0.300. The Morgan fingerprint density at radius 2 is 2.06 bits per heavy atom. The first-order valence-electron chi connectivity index (χ1n) is 10.1. The third kappa shape index (κ3) is 6.22. The van der Waals surface area contributed by atoms with E-state index >= 15 is 0 Å². The maximum absolute atomic E-state index is 13.3. The fourth-order valence-corrected chi connectivity index (χ4v) is 4.87. The number of nitrogens with zero attached hydrogens (tertiary/aromatic N) is 5. The molecule has 0 atom stereocenters. The average Bonchev–Trinajstić information content (AvgIpc) is 3.42. The molecule has 3 rings (SSSR count). The Labute approximate surface area is 199 Å². The highest BCUT2D eigenvalue weighted by Crippen LogP contribution is 2.19. The second-order valence-corrected chi connectivity index (χ2v) is 9.78. The molecule has 11 nitrogen and oxygen atoms in total. The maximum Gasteiger partial charge on any atom is 0.280 e. The number of aliphatic hydroxyl groups is 1. The van der Waals surface area contributed by atoms with E-state index in [-0.39, 0.29) is 47.6 Å². The lowest BCUT2D eigenvalue weighted by Crippen LogP contribution is -2.33. The number of benzene rings is 1. The van der Waals surface area contributed by atoms with Crippen molar-refractivity contribution < 1.29 is 27.5 Å². The van der Waals surface area contributed by atoms with Crippen molar-refractivity contribution in [3.05, 3.63) is 59.1 Å². The molecule has 0 spiro atoms. The van der Waals surface area contributed by atoms with Crippen LogP contribution in [-0.4, -0.2) is 63.9 Å². The highest BCUT2D eigenvalue weighted by molar-refractivity contribution is 7.89. The number of oxime groups is 1. The normalized spacial score (nSPS) is 12.2. The summed E-state index contributed by atoms with van der Waals surface area (Å²) >= 11 is 0.645. The molecule has 0 aliphatic rings. The standard InChI is InChI=1S/C20H23FN6O5S2/c1-3-27(10-11-28)34(30,31)16-6-4-14(5-7-16)18(19(29)23-20-22-12-17(21)33-20)25-32-13-15-8-9-26(2)24-15/h4-9,12,28H,3,10-11,13H2,1-2H3,(H,22,23,29)/b25-18+. The van der Waals surface area contributed by atoms with E-state index in [4.69, 9.17) is 9.94 Å². The minimum absolute atomic E-state index is 0.0113. The van der Waals surface area contributed by atoms with Crippen LogP contribution in [0.25, 0.3) is 0 Å². The number of rotatable bonds is 11. The largest absolute Gasteiger partial charge is 0.395 e. The molecule has 2 aromatic heterocycles. The molecule has 0 saturated heterocycles. The summed E-state index contributed by atoms with van der Waals surface area (Å²) in [6, 6.07) is 7.19. The van der Waals surface area contributed by atoms with Gasteiger partial charge < -0.3 is 9.94 Å². The predicted octanol–water partition coefficient (Wildman–Crippen LogP) is 1.58. The Hall–Kier alpha value is -3.20. The summed E-state index contributed by atoms with van der Waals surface area (Å²) in [6.45, 7) is 1.49. The van der Waals surface area contributed by atoms with Crippen molar-refractivity contribution >= 4 is 38.1 Å². The Bertz CT molecular complexity index is 1260. The second kappa shape index (κ2) is 11.3. The van der Waals surface area contributed by atoms with E-state index in [2.05, 4.69) is 20.6 Å². The Balaban J connectivity index is 1.86. The van der Waals surface area contributed by atoms with Gasteiger partial charge in [0.15, 0.2) is 22.6 Å². The van der Waals surface area contributed by atoms with Crippen molar-refractivity contribution in [2.24, 2.45) is 12.2 Å². The van der Waals surface area contributed by atoms with Gasteiger partial charge in [0.1, 0.15) is 5.69 Å². The second-order valence-electron chi connectivity index (χ2n) is 6.86. The van der Waals surface area contributed by atoms with E-state index in [0.29, 0.717) is 17.0 Å². The zero-order valence-electron chi connectivity index (χ0n) is 18.4. The number of amides is 1. The summed E-state index contributed by atoms with van der Waals surface area (Å²) in [6.07, 6.45) is 2.70. The maximum atomic E-state index is 13.3. The molecule has 2 heterocycles. The van der Waals surface area contributed by atoms with Crippen LogP contribution in [-0.2, 0) is 33.3 Å². The minimum Gasteiger partial charge on any atom is -0.395 e. The SMILES string of the molecule is CCN(CCO)S(=O)(=O)c1ccc(/C(=N\OCc2ccn(C)n2)C(=O)Nc2ncc(F)s2)cc1. The molecule has 2 N–H and O–H groups in total. The van der Waals surface area contributed by atoms with E-state index in [0.717, 1.165) is 10.5 Å². The zero-order valence-corrected chi connectivity index (χ0v) is 20.0. The number of carbonyl (C=O) groups excluding carboxylic acids is 1. The highest BCUT2D eigenvalue weighted by atomic mass is 32.2. The molecule has 0 saturated carbocycles. The molecule has 182 valence electrons. The van der Waals surface area contributed by atoms with Crippen LogP contribution in [0.3, 0.4) is 0 Å². The van der Waals surface area contributed by atoms with Gasteiger partial charge in [0.2, 0.25) is 10.0 Å². The number of carbonyl (C=O) groups is 1. The molecule has 0 unspecified atom stereocenters. The van der Waals surface area contributed by atoms with E-state index in [1.54, 1.807) is 30.9 Å². The number of anilines is 1. The van der Waals surface area contributed by atoms with E-state index < -0.39 is 21.1 Å². The van der Waals surface area contributed by atoms with Crippen LogP contribution >= 0.6 is 11.3 Å². The number of aliphatic hydroxyl groups excluding tert-OH is 1. The zero-order chi connectivity index (χ0) is 24.7. The van der Waals surface area contributed by atoms with Gasteiger partial charge in [-0.25, -0.2) is 13.4 Å². The van der Waals surface area contributed by atoms with Gasteiger partial charge in [0.25, 0.3) is 5.91 Å². The fourth-order valence-electron chi connectivity index (χ4n) is 2.89. The average molecular weight is 511 g/mol. The van der Waals surface area contributed by atoms with E-state index in [1.165, 1.54) is 24.3 Å². The molecule has 0 fully saturated rings. The van der Waals surface area contributed by atoms with E-state index in [1.807, 2.05) is 0 Å². The number of halogens is 1. The van der Waals surface area contributed by atoms with Crippen molar-refractivity contribution in [3.63, 3.8) is 0 Å². The number of thiazole rings is 1. The van der Waals surface area contributed by atoms with Gasteiger partial charge in [-0.2, -0.15) is 13.8 Å².